The first kappa shape index (κ1) is 40.6. The predicted octanol–water partition coefficient (Wildman–Crippen LogP) is 16.3. The minimum Gasteiger partial charge on any atom is -0.508 e. The summed E-state index contributed by atoms with van der Waals surface area (Å²) in [4.78, 5) is 5.61. The van der Waals surface area contributed by atoms with Crippen molar-refractivity contribution in [3.05, 3.63) is 181 Å². The molecule has 0 unspecified atom stereocenters. The Morgan fingerprint density at radius 2 is 0.931 bits per heavy atom. The molecule has 0 atom stereocenters. The van der Waals surface area contributed by atoms with Gasteiger partial charge in [-0.1, -0.05) is 117 Å². The van der Waals surface area contributed by atoms with Gasteiger partial charge in [-0.3, -0.25) is 4.99 Å². The van der Waals surface area contributed by atoms with Crippen molar-refractivity contribution in [2.24, 2.45) is 30.6 Å². The number of fused-ring (bicyclic) bond motifs is 2. The molecule has 0 fully saturated rings. The van der Waals surface area contributed by atoms with Crippen molar-refractivity contribution in [3.8, 4) is 16.9 Å². The zero-order valence-corrected chi connectivity index (χ0v) is 33.6. The molecule has 8 nitrogen and oxygen atoms in total. The highest BCUT2D eigenvalue weighted by molar-refractivity contribution is 7.80. The maximum absolute atomic E-state index is 8.75. The van der Waals surface area contributed by atoms with Crippen LogP contribution in [0.2, 0.25) is 0 Å². The summed E-state index contributed by atoms with van der Waals surface area (Å²) < 4.78 is 0. The summed E-state index contributed by atoms with van der Waals surface area (Å²) in [5.41, 5.74) is 16.6. The van der Waals surface area contributed by atoms with Gasteiger partial charge in [0.05, 0.1) is 34.1 Å². The highest BCUT2D eigenvalue weighted by atomic mass is 32.1. The first-order chi connectivity index (χ1) is 28.4. The molecule has 8 rings (SSSR count). The molecule has 0 radical (unpaired) electrons. The third-order valence-corrected chi connectivity index (χ3v) is 9.57. The second-order valence-corrected chi connectivity index (χ2v) is 13.4. The smallest absolute Gasteiger partial charge is 0.115 e. The van der Waals surface area contributed by atoms with Gasteiger partial charge in [0.1, 0.15) is 5.75 Å². The van der Waals surface area contributed by atoms with E-state index in [-0.39, 0.29) is 5.75 Å². The van der Waals surface area contributed by atoms with E-state index in [4.69, 9.17) is 15.6 Å². The average molecular weight is 778 g/mol. The van der Waals surface area contributed by atoms with Crippen LogP contribution >= 0.6 is 12.6 Å². The number of para-hydroxylation sites is 1. The summed E-state index contributed by atoms with van der Waals surface area (Å²) in [5, 5.41) is 34.6. The number of aryl methyl sites for hydroxylation is 1. The molecule has 0 bridgehead atoms. The second-order valence-electron chi connectivity index (χ2n) is 12.9. The van der Waals surface area contributed by atoms with Gasteiger partial charge in [0.15, 0.2) is 0 Å². The maximum atomic E-state index is 8.75. The van der Waals surface area contributed by atoms with Crippen LogP contribution in [0.3, 0.4) is 0 Å². The molecule has 0 saturated carbocycles. The van der Waals surface area contributed by atoms with Gasteiger partial charge in [0.25, 0.3) is 0 Å². The van der Waals surface area contributed by atoms with Crippen molar-refractivity contribution in [1.29, 1.82) is 5.53 Å². The van der Waals surface area contributed by atoms with Crippen LogP contribution < -0.4 is 0 Å². The molecule has 8 aromatic carbocycles. The summed E-state index contributed by atoms with van der Waals surface area (Å²) >= 11 is 4.51. The highest BCUT2D eigenvalue weighted by Crippen LogP contribution is 2.37. The summed E-state index contributed by atoms with van der Waals surface area (Å²) in [6.45, 7) is 8.13. The van der Waals surface area contributed by atoms with Gasteiger partial charge in [-0.15, -0.1) is 28.0 Å². The Balaban J connectivity index is 0.000000452. The highest BCUT2D eigenvalue weighted by Gasteiger charge is 2.08. The number of rotatable bonds is 8. The molecule has 0 spiro atoms. The molecular formula is C49H43N7OS. The predicted molar refractivity (Wildman–Crippen MR) is 243 cm³/mol. The molecular weight excluding hydrogens is 735 g/mol. The van der Waals surface area contributed by atoms with E-state index in [0.717, 1.165) is 71.9 Å². The van der Waals surface area contributed by atoms with E-state index < -0.39 is 0 Å². The van der Waals surface area contributed by atoms with Crippen LogP contribution in [-0.4, -0.2) is 10.8 Å². The molecule has 0 saturated heterocycles. The molecule has 0 amide bonds. The van der Waals surface area contributed by atoms with E-state index in [0.29, 0.717) is 5.69 Å². The van der Waals surface area contributed by atoms with Crippen molar-refractivity contribution in [1.82, 2.24) is 0 Å². The zero-order chi connectivity index (χ0) is 40.9. The van der Waals surface area contributed by atoms with Crippen LogP contribution in [-0.2, 0) is 0 Å². The van der Waals surface area contributed by atoms with Crippen molar-refractivity contribution in [2.75, 3.05) is 0 Å². The number of benzene rings is 8. The van der Waals surface area contributed by atoms with Crippen molar-refractivity contribution in [2.45, 2.75) is 32.6 Å². The van der Waals surface area contributed by atoms with E-state index in [1.807, 2.05) is 112 Å². The number of nitrogens with one attached hydrogen (secondary N) is 1. The number of aromatic hydroxyl groups is 1. The van der Waals surface area contributed by atoms with Gasteiger partial charge < -0.3 is 5.11 Å². The third-order valence-electron chi connectivity index (χ3n) is 9.19. The maximum Gasteiger partial charge on any atom is 0.115 e. The summed E-state index contributed by atoms with van der Waals surface area (Å²) in [6, 6.07) is 54.9. The summed E-state index contributed by atoms with van der Waals surface area (Å²) in [7, 11) is 0. The number of phenolic OH excluding ortho intramolecular Hbond substituents is 1. The molecule has 0 aliphatic rings. The number of hydrogen-bond donors (Lipinski definition) is 3. The Labute approximate surface area is 344 Å². The van der Waals surface area contributed by atoms with Crippen LogP contribution in [0.5, 0.6) is 5.75 Å². The molecule has 0 aliphatic carbocycles. The van der Waals surface area contributed by atoms with Gasteiger partial charge >= 0.3 is 0 Å². The molecule has 9 heteroatoms. The number of phenols is 1. The number of thiol groups is 1. The van der Waals surface area contributed by atoms with Gasteiger partial charge in [0, 0.05) is 26.8 Å². The largest absolute Gasteiger partial charge is 0.508 e. The van der Waals surface area contributed by atoms with Crippen LogP contribution in [0.15, 0.2) is 205 Å². The first-order valence-corrected chi connectivity index (χ1v) is 19.4. The fraction of sp³-hybridized carbons (Fsp3) is 0.0816. The number of hydrogen-bond acceptors (Lipinski definition) is 9. The van der Waals surface area contributed by atoms with Crippen molar-refractivity contribution >= 4 is 74.0 Å². The molecule has 8 aromatic rings. The fourth-order valence-electron chi connectivity index (χ4n) is 6.14. The Morgan fingerprint density at radius 3 is 1.48 bits per heavy atom. The van der Waals surface area contributed by atoms with E-state index in [1.165, 1.54) is 23.1 Å². The van der Waals surface area contributed by atoms with Gasteiger partial charge in [-0.25, -0.2) is 5.53 Å². The van der Waals surface area contributed by atoms with Gasteiger partial charge in [0.2, 0.25) is 0 Å². The Morgan fingerprint density at radius 1 is 0.483 bits per heavy atom. The van der Waals surface area contributed by atoms with Crippen molar-refractivity contribution < 1.29 is 5.11 Å². The first-order valence-electron chi connectivity index (χ1n) is 18.9. The topological polar surface area (TPSA) is 118 Å². The average Bonchev–Trinajstić information content (AvgIpc) is 3.28. The fourth-order valence-corrected chi connectivity index (χ4v) is 6.35. The molecule has 0 aromatic heterocycles. The molecule has 286 valence electrons. The number of nitrogens with zero attached hydrogens (tertiary/aromatic N) is 6. The quantitative estimate of drug-likeness (QED) is 0.0795. The Bertz CT molecular complexity index is 2740. The monoisotopic (exact) mass is 777 g/mol. The zero-order valence-electron chi connectivity index (χ0n) is 32.7. The van der Waals surface area contributed by atoms with E-state index >= 15 is 0 Å². The molecule has 58 heavy (non-hydrogen) atoms. The Hall–Kier alpha value is -7.10. The number of azo groups is 2. The van der Waals surface area contributed by atoms with Crippen LogP contribution in [0, 0.1) is 12.5 Å². The second kappa shape index (κ2) is 19.7. The number of aliphatic imine (C=N–C) groups is 1. The molecule has 0 heterocycles. The lowest BCUT2D eigenvalue weighted by Crippen LogP contribution is -1.94. The van der Waals surface area contributed by atoms with E-state index in [9.17, 15) is 0 Å². The van der Waals surface area contributed by atoms with Crippen molar-refractivity contribution in [3.63, 3.8) is 0 Å². The lowest BCUT2D eigenvalue weighted by atomic mass is 10.0. The standard InChI is InChI=1S/C41H31N5S.C6H6N2O.C2H6/c1-27-15-24-37(34-10-4-3-9-33(27)34)45-46-39-26-25-38(35-11-5-6-12-36(35)39)44-43-32-22-20-31(21-23-32)30-18-16-29(17-19-30)28(2)42-40-13-7-8-14-41(40)47;7-8-5-1-3-6(9)4-2-5;1-2/h3-26,47H,1-2H3;1-4,7,9H;1-2H3. The SMILES string of the molecule is CC.CC(=Nc1ccccc1S)c1ccc(-c2ccc(N=Nc3ccc(N=Nc4ccc(C)c5ccccc45)c4ccccc34)cc2)cc1.N=Nc1ccc(O)cc1. The van der Waals surface area contributed by atoms with E-state index in [1.54, 1.807) is 12.1 Å². The van der Waals surface area contributed by atoms with Gasteiger partial charge in [-0.2, -0.15) is 10.2 Å². The van der Waals surface area contributed by atoms with Gasteiger partial charge in [-0.05, 0) is 108 Å². The molecule has 2 N–H and O–H groups in total. The normalized spacial score (nSPS) is 11.3. The summed E-state index contributed by atoms with van der Waals surface area (Å²) in [6.07, 6.45) is 0. The third kappa shape index (κ3) is 10.0. The minimum atomic E-state index is 0.197. The van der Waals surface area contributed by atoms with E-state index in [2.05, 4.69) is 99.7 Å². The summed E-state index contributed by atoms with van der Waals surface area (Å²) in [5.74, 6) is 0.197. The minimum absolute atomic E-state index is 0.197. The van der Waals surface area contributed by atoms with Crippen LogP contribution in [0.1, 0.15) is 31.9 Å². The Kier molecular flexibility index (Phi) is 13.8. The molecule has 0 aliphatic heterocycles. The van der Waals surface area contributed by atoms with Crippen LogP contribution in [0.25, 0.3) is 32.7 Å². The lowest BCUT2D eigenvalue weighted by Gasteiger charge is -2.07. The van der Waals surface area contributed by atoms with Crippen LogP contribution in [0.4, 0.5) is 34.1 Å². The lowest BCUT2D eigenvalue weighted by molar-refractivity contribution is 0.475.